The van der Waals surface area contributed by atoms with E-state index < -0.39 is 0 Å². The molecule has 0 aromatic heterocycles. The topological polar surface area (TPSA) is 21.3 Å². The van der Waals surface area contributed by atoms with Crippen molar-refractivity contribution in [2.75, 3.05) is 13.2 Å². The molecule has 0 aliphatic carbocycles. The third-order valence-electron chi connectivity index (χ3n) is 2.42. The lowest BCUT2D eigenvalue weighted by atomic mass is 10.1. The van der Waals surface area contributed by atoms with Crippen molar-refractivity contribution in [3.8, 4) is 0 Å². The molecule has 1 heterocycles. The van der Waals surface area contributed by atoms with Crippen LogP contribution in [-0.4, -0.2) is 19.2 Å². The molecular weight excluding hydrogens is 181 g/mol. The molecule has 1 fully saturated rings. The predicted octanol–water partition coefficient (Wildman–Crippen LogP) is 1.88. The van der Waals surface area contributed by atoms with Gasteiger partial charge in [-0.1, -0.05) is 12.1 Å². The number of benzene rings is 1. The smallest absolute Gasteiger partial charge is 0.123 e. The molecule has 1 aliphatic rings. The first-order valence-corrected chi connectivity index (χ1v) is 4.86. The Morgan fingerprint density at radius 2 is 2.36 bits per heavy atom. The summed E-state index contributed by atoms with van der Waals surface area (Å²) in [5.41, 5.74) is 0.907. The van der Waals surface area contributed by atoms with Crippen LogP contribution in [0.4, 0.5) is 4.39 Å². The number of hydrogen-bond acceptors (Lipinski definition) is 2. The van der Waals surface area contributed by atoms with Crippen LogP contribution >= 0.6 is 0 Å². The lowest BCUT2D eigenvalue weighted by Crippen LogP contribution is -2.40. The van der Waals surface area contributed by atoms with E-state index in [1.807, 2.05) is 6.07 Å². The molecule has 14 heavy (non-hydrogen) atoms. The second-order valence-electron chi connectivity index (χ2n) is 3.69. The normalized spacial score (nSPS) is 27.6. The molecule has 1 aliphatic heterocycles. The molecule has 2 atom stereocenters. The molecule has 3 heteroatoms. The molecule has 0 saturated carbocycles. The first-order chi connectivity index (χ1) is 6.75. The first-order valence-electron chi connectivity index (χ1n) is 4.86. The van der Waals surface area contributed by atoms with Gasteiger partial charge in [0.05, 0.1) is 12.7 Å². The SMILES string of the molecule is C[C@@H]1COC(c2cccc(F)c2)CN1. The number of rotatable bonds is 1. The Balaban J connectivity index is 2.08. The summed E-state index contributed by atoms with van der Waals surface area (Å²) in [4.78, 5) is 0. The highest BCUT2D eigenvalue weighted by atomic mass is 19.1. The highest BCUT2D eigenvalue weighted by Gasteiger charge is 2.19. The quantitative estimate of drug-likeness (QED) is 0.738. The minimum absolute atomic E-state index is 0.0121. The van der Waals surface area contributed by atoms with Crippen LogP contribution in [0.3, 0.4) is 0 Å². The molecule has 0 bridgehead atoms. The molecular formula is C11H14FNO. The largest absolute Gasteiger partial charge is 0.371 e. The highest BCUT2D eigenvalue weighted by Crippen LogP contribution is 2.20. The van der Waals surface area contributed by atoms with Crippen LogP contribution in [0.15, 0.2) is 24.3 Å². The minimum Gasteiger partial charge on any atom is -0.371 e. The van der Waals surface area contributed by atoms with E-state index in [1.54, 1.807) is 6.07 Å². The van der Waals surface area contributed by atoms with E-state index >= 15 is 0 Å². The van der Waals surface area contributed by atoms with Crippen LogP contribution in [0.25, 0.3) is 0 Å². The van der Waals surface area contributed by atoms with Crippen molar-refractivity contribution in [2.24, 2.45) is 0 Å². The van der Waals surface area contributed by atoms with Gasteiger partial charge in [-0.2, -0.15) is 0 Å². The third-order valence-corrected chi connectivity index (χ3v) is 2.42. The number of hydrogen-bond donors (Lipinski definition) is 1. The minimum atomic E-state index is -0.204. The summed E-state index contributed by atoms with van der Waals surface area (Å²) in [6.45, 7) is 3.51. The van der Waals surface area contributed by atoms with Crippen molar-refractivity contribution in [3.05, 3.63) is 35.6 Å². The lowest BCUT2D eigenvalue weighted by molar-refractivity contribution is 0.00680. The van der Waals surface area contributed by atoms with Crippen LogP contribution < -0.4 is 5.32 Å². The van der Waals surface area contributed by atoms with Crippen LogP contribution in [-0.2, 0) is 4.74 Å². The third kappa shape index (κ3) is 2.11. The molecule has 2 rings (SSSR count). The number of nitrogens with one attached hydrogen (secondary N) is 1. The Bertz CT molecular complexity index is 308. The fourth-order valence-electron chi connectivity index (χ4n) is 1.61. The number of halogens is 1. The Hall–Kier alpha value is -0.930. The van der Waals surface area contributed by atoms with Crippen molar-refractivity contribution >= 4 is 0 Å². The molecule has 1 unspecified atom stereocenters. The van der Waals surface area contributed by atoms with Gasteiger partial charge >= 0.3 is 0 Å². The van der Waals surface area contributed by atoms with Crippen LogP contribution in [0, 0.1) is 5.82 Å². The molecule has 2 nitrogen and oxygen atoms in total. The molecule has 1 saturated heterocycles. The summed E-state index contributed by atoms with van der Waals surface area (Å²) in [5.74, 6) is -0.204. The van der Waals surface area contributed by atoms with E-state index in [4.69, 9.17) is 4.74 Å². The van der Waals surface area contributed by atoms with Crippen molar-refractivity contribution in [1.29, 1.82) is 0 Å². The number of ether oxygens (including phenoxy) is 1. The summed E-state index contributed by atoms with van der Waals surface area (Å²) < 4.78 is 18.5. The van der Waals surface area contributed by atoms with Gasteiger partial charge in [0.15, 0.2) is 0 Å². The van der Waals surface area contributed by atoms with Crippen LogP contribution in [0.5, 0.6) is 0 Å². The van der Waals surface area contributed by atoms with E-state index in [1.165, 1.54) is 12.1 Å². The lowest BCUT2D eigenvalue weighted by Gasteiger charge is -2.28. The van der Waals surface area contributed by atoms with Gasteiger partial charge in [0, 0.05) is 12.6 Å². The molecule has 76 valence electrons. The maximum atomic E-state index is 12.9. The Morgan fingerprint density at radius 3 is 3.00 bits per heavy atom. The van der Waals surface area contributed by atoms with Crippen molar-refractivity contribution in [2.45, 2.75) is 19.1 Å². The molecule has 1 aromatic rings. The fourth-order valence-corrected chi connectivity index (χ4v) is 1.61. The Morgan fingerprint density at radius 1 is 1.50 bits per heavy atom. The van der Waals surface area contributed by atoms with Crippen LogP contribution in [0.2, 0.25) is 0 Å². The van der Waals surface area contributed by atoms with Gasteiger partial charge in [0.25, 0.3) is 0 Å². The van der Waals surface area contributed by atoms with Gasteiger partial charge in [-0.3, -0.25) is 0 Å². The zero-order chi connectivity index (χ0) is 9.97. The zero-order valence-electron chi connectivity index (χ0n) is 8.16. The van der Waals surface area contributed by atoms with E-state index in [0.29, 0.717) is 12.6 Å². The number of morpholine rings is 1. The second-order valence-corrected chi connectivity index (χ2v) is 3.69. The van der Waals surface area contributed by atoms with Gasteiger partial charge in [-0.15, -0.1) is 0 Å². The van der Waals surface area contributed by atoms with E-state index in [2.05, 4.69) is 12.2 Å². The molecule has 0 amide bonds. The maximum Gasteiger partial charge on any atom is 0.123 e. The van der Waals surface area contributed by atoms with E-state index in [-0.39, 0.29) is 11.9 Å². The van der Waals surface area contributed by atoms with Crippen molar-refractivity contribution in [1.82, 2.24) is 5.32 Å². The van der Waals surface area contributed by atoms with Gasteiger partial charge in [0.2, 0.25) is 0 Å². The average molecular weight is 195 g/mol. The van der Waals surface area contributed by atoms with Crippen molar-refractivity contribution in [3.63, 3.8) is 0 Å². The first kappa shape index (κ1) is 9.62. The van der Waals surface area contributed by atoms with Crippen LogP contribution in [0.1, 0.15) is 18.6 Å². The Kier molecular flexibility index (Phi) is 2.79. The summed E-state index contributed by atoms with van der Waals surface area (Å²) in [7, 11) is 0. The van der Waals surface area contributed by atoms with E-state index in [9.17, 15) is 4.39 Å². The summed E-state index contributed by atoms with van der Waals surface area (Å²) in [6.07, 6.45) is -0.0121. The summed E-state index contributed by atoms with van der Waals surface area (Å²) in [5, 5.41) is 3.30. The Labute approximate surface area is 83.1 Å². The zero-order valence-corrected chi connectivity index (χ0v) is 8.16. The van der Waals surface area contributed by atoms with E-state index in [0.717, 1.165) is 12.1 Å². The van der Waals surface area contributed by atoms with Crippen molar-refractivity contribution < 1.29 is 9.13 Å². The molecule has 0 radical (unpaired) electrons. The summed E-state index contributed by atoms with van der Waals surface area (Å²) in [6, 6.07) is 6.97. The average Bonchev–Trinajstić information content (AvgIpc) is 2.19. The summed E-state index contributed by atoms with van der Waals surface area (Å²) >= 11 is 0. The highest BCUT2D eigenvalue weighted by molar-refractivity contribution is 5.19. The molecule has 1 N–H and O–H groups in total. The fraction of sp³-hybridized carbons (Fsp3) is 0.455. The second kappa shape index (κ2) is 4.07. The maximum absolute atomic E-state index is 12.9. The van der Waals surface area contributed by atoms with Gasteiger partial charge in [-0.05, 0) is 24.6 Å². The molecule has 1 aromatic carbocycles. The monoisotopic (exact) mass is 195 g/mol. The standard InChI is InChI=1S/C11H14FNO/c1-8-7-14-11(6-13-8)9-3-2-4-10(12)5-9/h2-5,8,11,13H,6-7H2,1H3/t8-,11?/m1/s1. The van der Waals surface area contributed by atoms with Gasteiger partial charge < -0.3 is 10.1 Å². The van der Waals surface area contributed by atoms with Gasteiger partial charge in [0.1, 0.15) is 5.82 Å². The van der Waals surface area contributed by atoms with Gasteiger partial charge in [-0.25, -0.2) is 4.39 Å². The molecule has 0 spiro atoms. The predicted molar refractivity (Wildman–Crippen MR) is 52.6 cm³/mol.